The van der Waals surface area contributed by atoms with E-state index in [4.69, 9.17) is 19.7 Å². The van der Waals surface area contributed by atoms with E-state index in [0.29, 0.717) is 25.0 Å². The van der Waals surface area contributed by atoms with Crippen LogP contribution in [0.15, 0.2) is 0 Å². The van der Waals surface area contributed by atoms with Crippen LogP contribution in [0.1, 0.15) is 74.7 Å². The molecule has 2 N–H and O–H groups in total. The zero-order chi connectivity index (χ0) is 17.9. The molecule has 0 saturated carbocycles. The molecule has 0 spiro atoms. The molecule has 0 aliphatic carbocycles. The van der Waals surface area contributed by atoms with Gasteiger partial charge in [0.25, 0.3) is 0 Å². The molecule has 22 heavy (non-hydrogen) atoms. The van der Waals surface area contributed by atoms with Crippen LogP contribution >= 0.6 is 0 Å². The van der Waals surface area contributed by atoms with Crippen molar-refractivity contribution < 1.29 is 24.5 Å². The SMILES string of the molecule is CC(O)CC(C)O.CC1CC(C)OC(C)(C)O1.CCC(C)=O. The van der Waals surface area contributed by atoms with Crippen molar-refractivity contribution in [3.8, 4) is 0 Å². The van der Waals surface area contributed by atoms with Gasteiger partial charge in [0.15, 0.2) is 5.79 Å². The van der Waals surface area contributed by atoms with Crippen molar-refractivity contribution in [2.45, 2.75) is 105 Å². The Bertz CT molecular complexity index is 269. The lowest BCUT2D eigenvalue weighted by atomic mass is 10.1. The lowest BCUT2D eigenvalue weighted by molar-refractivity contribution is -0.292. The van der Waals surface area contributed by atoms with Crippen molar-refractivity contribution >= 4 is 5.78 Å². The van der Waals surface area contributed by atoms with Crippen LogP contribution in [-0.4, -0.2) is 46.2 Å². The molecule has 1 saturated heterocycles. The molecule has 4 atom stereocenters. The summed E-state index contributed by atoms with van der Waals surface area (Å²) >= 11 is 0. The summed E-state index contributed by atoms with van der Waals surface area (Å²) in [5, 5.41) is 17.1. The van der Waals surface area contributed by atoms with Gasteiger partial charge in [-0.25, -0.2) is 0 Å². The van der Waals surface area contributed by atoms with Crippen LogP contribution in [0, 0.1) is 0 Å². The summed E-state index contributed by atoms with van der Waals surface area (Å²) in [6.07, 6.45) is 2.06. The molecule has 5 nitrogen and oxygen atoms in total. The molecule has 0 amide bonds. The molecule has 1 aliphatic rings. The third kappa shape index (κ3) is 17.6. The first-order valence-electron chi connectivity index (χ1n) is 8.10. The number of carbonyl (C=O) groups excluding carboxylic acids is 1. The molecule has 0 radical (unpaired) electrons. The van der Waals surface area contributed by atoms with E-state index >= 15 is 0 Å². The number of ether oxygens (including phenoxy) is 2. The Hall–Kier alpha value is -0.490. The fourth-order valence-electron chi connectivity index (χ4n) is 2.05. The van der Waals surface area contributed by atoms with E-state index in [2.05, 4.69) is 13.8 Å². The van der Waals surface area contributed by atoms with Crippen molar-refractivity contribution in [2.75, 3.05) is 0 Å². The van der Waals surface area contributed by atoms with Crippen LogP contribution < -0.4 is 0 Å². The van der Waals surface area contributed by atoms with Gasteiger partial charge in [-0.15, -0.1) is 0 Å². The van der Waals surface area contributed by atoms with Gasteiger partial charge in [-0.3, -0.25) is 0 Å². The maximum Gasteiger partial charge on any atom is 0.163 e. The van der Waals surface area contributed by atoms with Crippen molar-refractivity contribution in [3.63, 3.8) is 0 Å². The summed E-state index contributed by atoms with van der Waals surface area (Å²) < 4.78 is 11.0. The van der Waals surface area contributed by atoms with Crippen LogP contribution in [0.2, 0.25) is 0 Å². The van der Waals surface area contributed by atoms with E-state index in [0.717, 1.165) is 6.42 Å². The van der Waals surface area contributed by atoms with Gasteiger partial charge in [-0.1, -0.05) is 6.92 Å². The average Bonchev–Trinajstić information content (AvgIpc) is 2.24. The summed E-state index contributed by atoms with van der Waals surface area (Å²) in [5.41, 5.74) is 0. The molecule has 1 heterocycles. The van der Waals surface area contributed by atoms with Gasteiger partial charge < -0.3 is 24.5 Å². The standard InChI is InChI=1S/C8H16O2.C5H12O2.C4H8O/c1-6-5-7(2)10-8(3,4)9-6;1-4(6)3-5(2)7;1-3-4(2)5/h6-7H,5H2,1-4H3;4-7H,3H2,1-2H3;3H2,1-2H3. The monoisotopic (exact) mass is 320 g/mol. The molecule has 0 aromatic carbocycles. The number of aliphatic hydroxyl groups excluding tert-OH is 2. The van der Waals surface area contributed by atoms with E-state index in [1.54, 1.807) is 20.8 Å². The third-order valence-corrected chi connectivity index (χ3v) is 2.81. The highest BCUT2D eigenvalue weighted by molar-refractivity contribution is 5.74. The Morgan fingerprint density at radius 2 is 1.45 bits per heavy atom. The Labute approximate surface area is 136 Å². The van der Waals surface area contributed by atoms with Crippen molar-refractivity contribution in [1.82, 2.24) is 0 Å². The second-order valence-electron chi connectivity index (χ2n) is 6.48. The zero-order valence-electron chi connectivity index (χ0n) is 15.5. The van der Waals surface area contributed by atoms with Crippen LogP contribution in [0.3, 0.4) is 0 Å². The minimum absolute atomic E-state index is 0.255. The predicted molar refractivity (Wildman–Crippen MR) is 88.7 cm³/mol. The van der Waals surface area contributed by atoms with Gasteiger partial charge >= 0.3 is 0 Å². The molecule has 134 valence electrons. The first-order chi connectivity index (χ1) is 9.89. The van der Waals surface area contributed by atoms with Gasteiger partial charge in [0.2, 0.25) is 0 Å². The van der Waals surface area contributed by atoms with Crippen molar-refractivity contribution in [3.05, 3.63) is 0 Å². The molecule has 0 aromatic heterocycles. The molecule has 0 bridgehead atoms. The fourth-order valence-corrected chi connectivity index (χ4v) is 2.05. The van der Waals surface area contributed by atoms with Crippen LogP contribution in [0.4, 0.5) is 0 Å². The number of carbonyl (C=O) groups is 1. The quantitative estimate of drug-likeness (QED) is 0.836. The zero-order valence-corrected chi connectivity index (χ0v) is 15.5. The molecule has 4 unspecified atom stereocenters. The van der Waals surface area contributed by atoms with Gasteiger partial charge in [0, 0.05) is 6.42 Å². The van der Waals surface area contributed by atoms with Gasteiger partial charge in [0.05, 0.1) is 24.4 Å². The summed E-state index contributed by atoms with van der Waals surface area (Å²) in [4.78, 5) is 9.81. The lowest BCUT2D eigenvalue weighted by Gasteiger charge is -2.38. The van der Waals surface area contributed by atoms with E-state index in [-0.39, 0.29) is 23.8 Å². The maximum absolute atomic E-state index is 9.81. The lowest BCUT2D eigenvalue weighted by Crippen LogP contribution is -2.42. The second kappa shape index (κ2) is 12.0. The molecular formula is C17H36O5. The number of Topliss-reactive ketones (excluding diaryl/α,β-unsaturated/α-hetero) is 1. The highest BCUT2D eigenvalue weighted by atomic mass is 16.7. The largest absolute Gasteiger partial charge is 0.393 e. The highest BCUT2D eigenvalue weighted by Gasteiger charge is 2.30. The number of rotatable bonds is 3. The summed E-state index contributed by atoms with van der Waals surface area (Å²) in [6, 6.07) is 0. The topological polar surface area (TPSA) is 76.0 Å². The smallest absolute Gasteiger partial charge is 0.163 e. The average molecular weight is 320 g/mol. The summed E-state index contributed by atoms with van der Waals surface area (Å²) in [7, 11) is 0. The Balaban J connectivity index is 0. The number of hydrogen-bond donors (Lipinski definition) is 2. The molecule has 1 aliphatic heterocycles. The van der Waals surface area contributed by atoms with E-state index < -0.39 is 0 Å². The fraction of sp³-hybridized carbons (Fsp3) is 0.941. The summed E-state index contributed by atoms with van der Waals surface area (Å²) in [6.45, 7) is 14.8. The predicted octanol–water partition coefficient (Wildman–Crippen LogP) is 3.06. The van der Waals surface area contributed by atoms with Crippen LogP contribution in [-0.2, 0) is 14.3 Å². The van der Waals surface area contributed by atoms with E-state index in [1.165, 1.54) is 0 Å². The van der Waals surface area contributed by atoms with E-state index in [9.17, 15) is 4.79 Å². The van der Waals surface area contributed by atoms with E-state index in [1.807, 2.05) is 20.8 Å². The second-order valence-corrected chi connectivity index (χ2v) is 6.48. The molecule has 1 fully saturated rings. The minimum Gasteiger partial charge on any atom is -0.393 e. The molecular weight excluding hydrogens is 284 g/mol. The number of ketones is 1. The summed E-state index contributed by atoms with van der Waals surface area (Å²) in [5.74, 6) is -0.123. The van der Waals surface area contributed by atoms with Crippen LogP contribution in [0.25, 0.3) is 0 Å². The number of aliphatic hydroxyl groups is 2. The van der Waals surface area contributed by atoms with Crippen molar-refractivity contribution in [1.29, 1.82) is 0 Å². The first-order valence-corrected chi connectivity index (χ1v) is 8.10. The van der Waals surface area contributed by atoms with Crippen molar-refractivity contribution in [2.24, 2.45) is 0 Å². The highest BCUT2D eigenvalue weighted by Crippen LogP contribution is 2.25. The maximum atomic E-state index is 9.81. The first kappa shape index (κ1) is 23.8. The Morgan fingerprint density at radius 3 is 1.59 bits per heavy atom. The van der Waals surface area contributed by atoms with Crippen LogP contribution in [0.5, 0.6) is 0 Å². The normalized spacial score (nSPS) is 25.7. The van der Waals surface area contributed by atoms with Gasteiger partial charge in [0.1, 0.15) is 5.78 Å². The molecule has 5 heteroatoms. The molecule has 1 rings (SSSR count). The van der Waals surface area contributed by atoms with Gasteiger partial charge in [-0.05, 0) is 61.3 Å². The molecule has 0 aromatic rings. The Morgan fingerprint density at radius 1 is 1.14 bits per heavy atom. The minimum atomic E-state index is -0.378. The number of hydrogen-bond acceptors (Lipinski definition) is 5. The van der Waals surface area contributed by atoms with Gasteiger partial charge in [-0.2, -0.15) is 0 Å². The Kier molecular flexibility index (Phi) is 13.0. The third-order valence-electron chi connectivity index (χ3n) is 2.81.